The van der Waals surface area contributed by atoms with Crippen molar-refractivity contribution in [1.82, 2.24) is 20.5 Å². The van der Waals surface area contributed by atoms with Gasteiger partial charge in [0, 0.05) is 52.7 Å². The summed E-state index contributed by atoms with van der Waals surface area (Å²) in [6.45, 7) is 0. The number of para-hydroxylation sites is 2. The highest BCUT2D eigenvalue weighted by atomic mass is 32.2. The number of thiophene rings is 1. The summed E-state index contributed by atoms with van der Waals surface area (Å²) in [6.07, 6.45) is 7.24. The summed E-state index contributed by atoms with van der Waals surface area (Å²) in [4.78, 5) is 1.39. The molecule has 0 radical (unpaired) electrons. The van der Waals surface area contributed by atoms with E-state index in [1.807, 2.05) is 23.1 Å². The molecule has 1 aliphatic carbocycles. The number of hydrogen-bond donors (Lipinski definition) is 3. The molecule has 3 N–H and O–H groups in total. The molecule has 0 saturated carbocycles. The van der Waals surface area contributed by atoms with Crippen molar-refractivity contribution in [1.29, 1.82) is 0 Å². The van der Waals surface area contributed by atoms with Crippen molar-refractivity contribution in [3.05, 3.63) is 204 Å². The smallest absolute Gasteiger partial charge is 0.0864 e. The third-order valence-electron chi connectivity index (χ3n) is 12.1. The lowest BCUT2D eigenvalue weighted by molar-refractivity contribution is 0.203. The van der Waals surface area contributed by atoms with Crippen molar-refractivity contribution in [3.63, 3.8) is 0 Å². The molecular formula is C51H38N4S2. The van der Waals surface area contributed by atoms with Crippen LogP contribution >= 0.6 is 23.1 Å². The van der Waals surface area contributed by atoms with Crippen LogP contribution in [0.2, 0.25) is 0 Å². The van der Waals surface area contributed by atoms with Crippen LogP contribution in [0.25, 0.3) is 58.8 Å². The fraction of sp³-hybridized carbons (Fsp3) is 0.0980. The quantitative estimate of drug-likeness (QED) is 0.163. The Bertz CT molecular complexity index is 2970. The molecule has 274 valence electrons. The SMILES string of the molecule is C1=CC2c3cc(-c4cccc5c4sc4ccc(C6NC(c7ccccc7)NC(c7ccccc7)N6)cc45)ccc3SC2C=C1n1c2ccccc2c2ccccc21. The van der Waals surface area contributed by atoms with Crippen LogP contribution in [0.1, 0.15) is 46.7 Å². The first-order valence-corrected chi connectivity index (χ1v) is 21.5. The zero-order valence-corrected chi connectivity index (χ0v) is 32.6. The number of hydrogen-bond acceptors (Lipinski definition) is 5. The predicted octanol–water partition coefficient (Wildman–Crippen LogP) is 12.7. The van der Waals surface area contributed by atoms with Gasteiger partial charge >= 0.3 is 0 Å². The van der Waals surface area contributed by atoms with E-state index < -0.39 is 0 Å². The monoisotopic (exact) mass is 770 g/mol. The first kappa shape index (κ1) is 33.4. The summed E-state index contributed by atoms with van der Waals surface area (Å²) in [5.41, 5.74) is 11.5. The third kappa shape index (κ3) is 5.55. The van der Waals surface area contributed by atoms with Crippen molar-refractivity contribution in [2.24, 2.45) is 0 Å². The van der Waals surface area contributed by atoms with E-state index in [2.05, 4.69) is 203 Å². The topological polar surface area (TPSA) is 41.0 Å². The summed E-state index contributed by atoms with van der Waals surface area (Å²) in [5, 5.41) is 17.1. The molecule has 1 fully saturated rings. The largest absolute Gasteiger partial charge is 0.310 e. The molecule has 1 saturated heterocycles. The Hall–Kier alpha value is -5.73. The van der Waals surface area contributed by atoms with Crippen LogP contribution in [0.15, 0.2) is 187 Å². The molecule has 0 amide bonds. The van der Waals surface area contributed by atoms with Crippen molar-refractivity contribution in [3.8, 4) is 11.1 Å². The van der Waals surface area contributed by atoms with Gasteiger partial charge in [-0.3, -0.25) is 16.0 Å². The van der Waals surface area contributed by atoms with Crippen LogP contribution in [0.5, 0.6) is 0 Å². The van der Waals surface area contributed by atoms with Gasteiger partial charge < -0.3 is 4.57 Å². The average Bonchev–Trinajstić information content (AvgIpc) is 3.95. The van der Waals surface area contributed by atoms with Crippen molar-refractivity contribution in [2.75, 3.05) is 0 Å². The molecule has 4 heterocycles. The molecule has 12 rings (SSSR count). The molecule has 6 heteroatoms. The zero-order chi connectivity index (χ0) is 37.5. The van der Waals surface area contributed by atoms with E-state index in [9.17, 15) is 0 Å². The Morgan fingerprint density at radius 2 is 1.14 bits per heavy atom. The van der Waals surface area contributed by atoms with E-state index in [0.29, 0.717) is 11.2 Å². The van der Waals surface area contributed by atoms with Gasteiger partial charge in [0.2, 0.25) is 0 Å². The van der Waals surface area contributed by atoms with E-state index in [1.54, 1.807) is 0 Å². The van der Waals surface area contributed by atoms with Crippen LogP contribution < -0.4 is 16.0 Å². The van der Waals surface area contributed by atoms with Crippen LogP contribution in [0.3, 0.4) is 0 Å². The average molecular weight is 771 g/mol. The number of fused-ring (bicyclic) bond motifs is 9. The Morgan fingerprint density at radius 3 is 1.84 bits per heavy atom. The number of nitrogens with zero attached hydrogens (tertiary/aromatic N) is 1. The molecule has 0 bridgehead atoms. The molecular weight excluding hydrogens is 733 g/mol. The maximum Gasteiger partial charge on any atom is 0.0864 e. The Labute approximate surface area is 339 Å². The first-order chi connectivity index (χ1) is 28.2. The van der Waals surface area contributed by atoms with Gasteiger partial charge in [-0.2, -0.15) is 0 Å². The van der Waals surface area contributed by atoms with Gasteiger partial charge in [0.1, 0.15) is 0 Å². The Kier molecular flexibility index (Phi) is 7.88. The standard InChI is InChI=1S/C51H38N4S2/c1-3-12-31(13-4-1)49-52-50(32-14-5-2-6-15-32)54-51(53-49)34-23-27-46-42(29-34)40-19-11-18-36(48(40)57-46)33-22-26-45-41(28-33)39-25-24-35(30-47(39)56-45)55-43-20-9-7-16-37(43)38-17-8-10-21-44(38)55/h1-30,39,47,49-54H. The highest BCUT2D eigenvalue weighted by Gasteiger charge is 2.34. The van der Waals surface area contributed by atoms with Gasteiger partial charge in [-0.1, -0.05) is 133 Å². The molecule has 9 aromatic rings. The summed E-state index contributed by atoms with van der Waals surface area (Å²) >= 11 is 3.91. The van der Waals surface area contributed by atoms with Gasteiger partial charge in [0.05, 0.1) is 29.5 Å². The van der Waals surface area contributed by atoms with E-state index in [0.717, 1.165) is 0 Å². The Balaban J connectivity index is 0.877. The van der Waals surface area contributed by atoms with Crippen molar-refractivity contribution < 1.29 is 0 Å². The molecule has 57 heavy (non-hydrogen) atoms. The minimum atomic E-state index is -0.0422. The van der Waals surface area contributed by atoms with Crippen molar-refractivity contribution in [2.45, 2.75) is 34.6 Å². The third-order valence-corrected chi connectivity index (χ3v) is 14.6. The predicted molar refractivity (Wildman–Crippen MR) is 241 cm³/mol. The minimum absolute atomic E-state index is 0.00325. The van der Waals surface area contributed by atoms with Gasteiger partial charge in [0.15, 0.2) is 0 Å². The zero-order valence-electron chi connectivity index (χ0n) is 31.0. The lowest BCUT2D eigenvalue weighted by Gasteiger charge is -2.39. The summed E-state index contributed by atoms with van der Waals surface area (Å²) < 4.78 is 5.10. The van der Waals surface area contributed by atoms with Crippen LogP contribution in [0.4, 0.5) is 0 Å². The highest BCUT2D eigenvalue weighted by Crippen LogP contribution is 2.51. The molecule has 7 aromatic carbocycles. The summed E-state index contributed by atoms with van der Waals surface area (Å²) in [6, 6.07) is 59.9. The van der Waals surface area contributed by atoms with Crippen LogP contribution in [-0.4, -0.2) is 9.82 Å². The maximum absolute atomic E-state index is 3.87. The maximum atomic E-state index is 3.87. The fourth-order valence-corrected chi connectivity index (χ4v) is 11.9. The lowest BCUT2D eigenvalue weighted by Crippen LogP contribution is -2.54. The van der Waals surface area contributed by atoms with Crippen molar-refractivity contribution >= 4 is 70.8 Å². The second-order valence-corrected chi connectivity index (χ2v) is 17.6. The van der Waals surface area contributed by atoms with E-state index in [1.165, 1.54) is 86.0 Å². The highest BCUT2D eigenvalue weighted by molar-refractivity contribution is 8.00. The minimum Gasteiger partial charge on any atom is -0.310 e. The second kappa shape index (κ2) is 13.4. The van der Waals surface area contributed by atoms with E-state index in [4.69, 9.17) is 0 Å². The van der Waals surface area contributed by atoms with Crippen LogP contribution in [-0.2, 0) is 0 Å². The normalized spacial score (nSPS) is 21.6. The van der Waals surface area contributed by atoms with Gasteiger partial charge in [-0.25, -0.2) is 0 Å². The molecule has 2 aliphatic heterocycles. The van der Waals surface area contributed by atoms with Crippen LogP contribution in [0, 0.1) is 0 Å². The molecule has 4 unspecified atom stereocenters. The van der Waals surface area contributed by atoms with Gasteiger partial charge in [0.25, 0.3) is 0 Å². The molecule has 4 atom stereocenters. The number of thioether (sulfide) groups is 1. The van der Waals surface area contributed by atoms with Gasteiger partial charge in [-0.15, -0.1) is 23.1 Å². The number of allylic oxidation sites excluding steroid dienone is 3. The molecule has 0 spiro atoms. The van der Waals surface area contributed by atoms with Gasteiger partial charge in [-0.05, 0) is 81.9 Å². The number of rotatable bonds is 5. The Morgan fingerprint density at radius 1 is 0.509 bits per heavy atom. The van der Waals surface area contributed by atoms with E-state index in [-0.39, 0.29) is 18.5 Å². The fourth-order valence-electron chi connectivity index (χ4n) is 9.34. The number of aromatic nitrogens is 1. The molecule has 2 aromatic heterocycles. The lowest BCUT2D eigenvalue weighted by atomic mass is 9.89. The second-order valence-electron chi connectivity index (χ2n) is 15.3. The molecule has 3 aliphatic rings. The summed E-state index contributed by atoms with van der Waals surface area (Å²) in [5.74, 6) is 0.343. The first-order valence-electron chi connectivity index (χ1n) is 19.8. The summed E-state index contributed by atoms with van der Waals surface area (Å²) in [7, 11) is 0. The van der Waals surface area contributed by atoms with E-state index >= 15 is 0 Å². The number of nitrogens with one attached hydrogen (secondary N) is 3. The number of benzene rings is 7. The molecule has 4 nitrogen and oxygen atoms in total.